The van der Waals surface area contributed by atoms with Gasteiger partial charge in [-0.2, -0.15) is 0 Å². The minimum absolute atomic E-state index is 0.0764. The molecule has 2 aliphatic rings. The van der Waals surface area contributed by atoms with Crippen LogP contribution in [0.2, 0.25) is 0 Å². The fraction of sp³-hybridized carbons (Fsp3) is 0.440. The third-order valence-corrected chi connectivity index (χ3v) is 6.22. The Morgan fingerprint density at radius 2 is 1.57 bits per heavy atom. The summed E-state index contributed by atoms with van der Waals surface area (Å²) < 4.78 is 0. The van der Waals surface area contributed by atoms with Crippen LogP contribution >= 0.6 is 0 Å². The van der Waals surface area contributed by atoms with Crippen molar-refractivity contribution >= 4 is 29.0 Å². The average molecular weight is 406 g/mol. The molecule has 1 saturated carbocycles. The van der Waals surface area contributed by atoms with Crippen LogP contribution in [0, 0.1) is 5.92 Å². The van der Waals surface area contributed by atoms with Gasteiger partial charge in [-0.1, -0.05) is 51.8 Å². The van der Waals surface area contributed by atoms with Crippen molar-refractivity contribution in [2.24, 2.45) is 5.92 Å². The van der Waals surface area contributed by atoms with E-state index in [1.807, 2.05) is 47.4 Å². The Bertz CT molecular complexity index is 938. The van der Waals surface area contributed by atoms with Crippen molar-refractivity contribution in [1.29, 1.82) is 0 Å². The number of hydrogen-bond donors (Lipinski definition) is 2. The van der Waals surface area contributed by atoms with E-state index in [4.69, 9.17) is 0 Å². The number of nitrogens with zero attached hydrogens (tertiary/aromatic N) is 1. The molecule has 0 spiro atoms. The zero-order valence-electron chi connectivity index (χ0n) is 18.1. The summed E-state index contributed by atoms with van der Waals surface area (Å²) in [7, 11) is 0. The SMILES string of the molecule is CC(C)(C)c1ccc(NC(=O)Nc2ccc3c(c2)N(C(=O)C2CCCC2)CC3)cc1. The summed E-state index contributed by atoms with van der Waals surface area (Å²) in [6, 6.07) is 13.5. The first-order chi connectivity index (χ1) is 14.3. The van der Waals surface area contributed by atoms with Crippen LogP contribution in [0.4, 0.5) is 21.9 Å². The zero-order valence-corrected chi connectivity index (χ0v) is 18.1. The van der Waals surface area contributed by atoms with E-state index in [2.05, 4.69) is 31.4 Å². The first-order valence-corrected chi connectivity index (χ1v) is 10.9. The molecule has 0 unspecified atom stereocenters. The van der Waals surface area contributed by atoms with Gasteiger partial charge in [0.25, 0.3) is 0 Å². The predicted octanol–water partition coefficient (Wildman–Crippen LogP) is 5.71. The normalized spacial score (nSPS) is 16.4. The lowest BCUT2D eigenvalue weighted by molar-refractivity contribution is -0.122. The molecular formula is C25H31N3O2. The van der Waals surface area contributed by atoms with Gasteiger partial charge in [0.05, 0.1) is 0 Å². The molecule has 158 valence electrons. The Kier molecular flexibility index (Phi) is 5.54. The summed E-state index contributed by atoms with van der Waals surface area (Å²) in [5.74, 6) is 0.402. The van der Waals surface area contributed by atoms with Gasteiger partial charge in [-0.15, -0.1) is 0 Å². The number of amides is 3. The first-order valence-electron chi connectivity index (χ1n) is 10.9. The van der Waals surface area contributed by atoms with Crippen molar-refractivity contribution in [3.05, 3.63) is 53.6 Å². The molecule has 2 aromatic carbocycles. The van der Waals surface area contributed by atoms with Gasteiger partial charge < -0.3 is 15.5 Å². The van der Waals surface area contributed by atoms with E-state index < -0.39 is 0 Å². The molecule has 4 rings (SSSR count). The molecule has 2 aromatic rings. The number of benzene rings is 2. The maximum atomic E-state index is 12.9. The lowest BCUT2D eigenvalue weighted by Crippen LogP contribution is -2.33. The van der Waals surface area contributed by atoms with Crippen LogP contribution in [0.3, 0.4) is 0 Å². The van der Waals surface area contributed by atoms with Crippen molar-refractivity contribution < 1.29 is 9.59 Å². The van der Waals surface area contributed by atoms with Crippen LogP contribution in [0.5, 0.6) is 0 Å². The molecule has 5 heteroatoms. The highest BCUT2D eigenvalue weighted by Crippen LogP contribution is 2.35. The van der Waals surface area contributed by atoms with Crippen molar-refractivity contribution in [3.63, 3.8) is 0 Å². The molecule has 1 heterocycles. The number of carbonyl (C=O) groups is 2. The van der Waals surface area contributed by atoms with Crippen LogP contribution in [0.15, 0.2) is 42.5 Å². The minimum atomic E-state index is -0.287. The summed E-state index contributed by atoms with van der Waals surface area (Å²) in [5.41, 5.74) is 4.86. The van der Waals surface area contributed by atoms with Crippen molar-refractivity contribution in [2.45, 2.75) is 58.3 Å². The van der Waals surface area contributed by atoms with Gasteiger partial charge in [0.2, 0.25) is 5.91 Å². The molecule has 1 aliphatic carbocycles. The summed E-state index contributed by atoms with van der Waals surface area (Å²) >= 11 is 0. The highest BCUT2D eigenvalue weighted by molar-refractivity contribution is 6.01. The lowest BCUT2D eigenvalue weighted by atomic mass is 9.87. The molecule has 30 heavy (non-hydrogen) atoms. The van der Waals surface area contributed by atoms with Gasteiger partial charge in [0.15, 0.2) is 0 Å². The summed E-state index contributed by atoms with van der Waals surface area (Å²) in [6.45, 7) is 7.23. The Morgan fingerprint density at radius 1 is 0.933 bits per heavy atom. The third-order valence-electron chi connectivity index (χ3n) is 6.22. The standard InChI is InChI=1S/C25H31N3O2/c1-25(2,3)19-9-12-20(13-10-19)26-24(30)27-21-11-8-17-14-15-28(22(17)16-21)23(29)18-6-4-5-7-18/h8-13,16,18H,4-7,14-15H2,1-3H3,(H2,26,27,30). The largest absolute Gasteiger partial charge is 0.323 e. The van der Waals surface area contributed by atoms with Gasteiger partial charge in [-0.05, 0) is 60.1 Å². The monoisotopic (exact) mass is 405 g/mol. The molecule has 0 aromatic heterocycles. The van der Waals surface area contributed by atoms with Crippen LogP contribution < -0.4 is 15.5 Å². The van der Waals surface area contributed by atoms with E-state index in [1.54, 1.807) is 0 Å². The fourth-order valence-electron chi connectivity index (χ4n) is 4.43. The van der Waals surface area contributed by atoms with Crippen molar-refractivity contribution in [1.82, 2.24) is 0 Å². The fourth-order valence-corrected chi connectivity index (χ4v) is 4.43. The first kappa shape index (κ1) is 20.5. The maximum Gasteiger partial charge on any atom is 0.323 e. The number of hydrogen-bond acceptors (Lipinski definition) is 2. The predicted molar refractivity (Wildman–Crippen MR) is 122 cm³/mol. The highest BCUT2D eigenvalue weighted by Gasteiger charge is 2.32. The minimum Gasteiger partial charge on any atom is -0.312 e. The van der Waals surface area contributed by atoms with Gasteiger partial charge >= 0.3 is 6.03 Å². The topological polar surface area (TPSA) is 61.4 Å². The average Bonchev–Trinajstić information content (AvgIpc) is 3.37. The molecule has 3 amide bonds. The molecule has 5 nitrogen and oxygen atoms in total. The quantitative estimate of drug-likeness (QED) is 0.687. The van der Waals surface area contributed by atoms with Crippen molar-refractivity contribution in [2.75, 3.05) is 22.1 Å². The summed E-state index contributed by atoms with van der Waals surface area (Å²) in [5, 5.41) is 5.79. The maximum absolute atomic E-state index is 12.9. The molecule has 0 radical (unpaired) electrons. The Hall–Kier alpha value is -2.82. The summed E-state index contributed by atoms with van der Waals surface area (Å²) in [6.07, 6.45) is 5.17. The van der Waals surface area contributed by atoms with E-state index >= 15 is 0 Å². The second kappa shape index (κ2) is 8.13. The van der Waals surface area contributed by atoms with Crippen LogP contribution in [0.1, 0.15) is 57.6 Å². The number of carbonyl (C=O) groups excluding carboxylic acids is 2. The third kappa shape index (κ3) is 4.35. The molecule has 0 saturated heterocycles. The Balaban J connectivity index is 1.42. The van der Waals surface area contributed by atoms with Gasteiger partial charge in [0, 0.05) is 29.5 Å². The number of anilines is 3. The Labute approximate surface area is 178 Å². The van der Waals surface area contributed by atoms with Gasteiger partial charge in [-0.25, -0.2) is 4.79 Å². The van der Waals surface area contributed by atoms with Crippen LogP contribution in [-0.2, 0) is 16.6 Å². The van der Waals surface area contributed by atoms with Crippen LogP contribution in [0.25, 0.3) is 0 Å². The molecule has 1 fully saturated rings. The molecule has 2 N–H and O–H groups in total. The number of fused-ring (bicyclic) bond motifs is 1. The number of rotatable bonds is 3. The molecule has 0 bridgehead atoms. The van der Waals surface area contributed by atoms with E-state index in [0.29, 0.717) is 5.69 Å². The summed E-state index contributed by atoms with van der Waals surface area (Å²) in [4.78, 5) is 27.3. The molecular weight excluding hydrogens is 374 g/mol. The van der Waals surface area contributed by atoms with Crippen molar-refractivity contribution in [3.8, 4) is 0 Å². The second-order valence-corrected chi connectivity index (χ2v) is 9.47. The zero-order chi connectivity index (χ0) is 21.3. The van der Waals surface area contributed by atoms with E-state index in [-0.39, 0.29) is 23.3 Å². The van der Waals surface area contributed by atoms with Gasteiger partial charge in [0.1, 0.15) is 0 Å². The number of nitrogens with one attached hydrogen (secondary N) is 2. The smallest absolute Gasteiger partial charge is 0.312 e. The lowest BCUT2D eigenvalue weighted by Gasteiger charge is -2.22. The molecule has 0 atom stereocenters. The van der Waals surface area contributed by atoms with E-state index in [1.165, 1.54) is 11.1 Å². The number of urea groups is 1. The van der Waals surface area contributed by atoms with Gasteiger partial charge in [-0.3, -0.25) is 4.79 Å². The van der Waals surface area contributed by atoms with E-state index in [0.717, 1.165) is 50.0 Å². The van der Waals surface area contributed by atoms with Crippen LogP contribution in [-0.4, -0.2) is 18.5 Å². The highest BCUT2D eigenvalue weighted by atomic mass is 16.2. The molecule has 1 aliphatic heterocycles. The van der Waals surface area contributed by atoms with E-state index in [9.17, 15) is 9.59 Å². The Morgan fingerprint density at radius 3 is 2.23 bits per heavy atom. The second-order valence-electron chi connectivity index (χ2n) is 9.47.